The Hall–Kier alpha value is -1.38. The van der Waals surface area contributed by atoms with Crippen molar-refractivity contribution in [2.24, 2.45) is 5.41 Å². The molecule has 1 unspecified atom stereocenters. The molecule has 2 nitrogen and oxygen atoms in total. The fourth-order valence-electron chi connectivity index (χ4n) is 2.70. The Bertz CT molecular complexity index is 447. The Labute approximate surface area is 108 Å². The quantitative estimate of drug-likeness (QED) is 0.854. The summed E-state index contributed by atoms with van der Waals surface area (Å²) in [6, 6.07) is 4.66. The molecule has 1 amide bonds. The van der Waals surface area contributed by atoms with Crippen LogP contribution in [0.2, 0.25) is 0 Å². The van der Waals surface area contributed by atoms with Gasteiger partial charge in [-0.05, 0) is 55.4 Å². The Balaban J connectivity index is 2.04. The standard InChI is InChI=1S/C15H20FNO/c1-10-6-11(8-12(16)7-10)14(18)17-13-4-5-15(2,3)9-13/h6-8,13H,4-5,9H2,1-3H3,(H,17,18). The lowest BCUT2D eigenvalue weighted by atomic mass is 9.92. The van der Waals surface area contributed by atoms with E-state index in [1.807, 2.05) is 0 Å². The van der Waals surface area contributed by atoms with Gasteiger partial charge in [0.25, 0.3) is 5.91 Å². The maximum Gasteiger partial charge on any atom is 0.251 e. The number of benzene rings is 1. The van der Waals surface area contributed by atoms with Crippen molar-refractivity contribution in [2.75, 3.05) is 0 Å². The number of aryl methyl sites for hydroxylation is 1. The third-order valence-electron chi connectivity index (χ3n) is 3.61. The second-order valence-electron chi connectivity index (χ2n) is 6.09. The van der Waals surface area contributed by atoms with Crippen LogP contribution in [0.15, 0.2) is 18.2 Å². The van der Waals surface area contributed by atoms with Crippen molar-refractivity contribution in [1.29, 1.82) is 0 Å². The summed E-state index contributed by atoms with van der Waals surface area (Å²) in [6.45, 7) is 6.22. The van der Waals surface area contributed by atoms with Crippen molar-refractivity contribution in [1.82, 2.24) is 5.32 Å². The summed E-state index contributed by atoms with van der Waals surface area (Å²) < 4.78 is 13.2. The van der Waals surface area contributed by atoms with Crippen molar-refractivity contribution in [3.8, 4) is 0 Å². The van der Waals surface area contributed by atoms with Gasteiger partial charge in [-0.1, -0.05) is 13.8 Å². The minimum atomic E-state index is -0.355. The van der Waals surface area contributed by atoms with Crippen LogP contribution in [-0.4, -0.2) is 11.9 Å². The summed E-state index contributed by atoms with van der Waals surface area (Å²) in [5.74, 6) is -0.521. The lowest BCUT2D eigenvalue weighted by Crippen LogP contribution is -2.33. The largest absolute Gasteiger partial charge is 0.349 e. The van der Waals surface area contributed by atoms with Crippen LogP contribution in [0.1, 0.15) is 49.0 Å². The first-order valence-electron chi connectivity index (χ1n) is 6.44. The highest BCUT2D eigenvalue weighted by atomic mass is 19.1. The normalized spacial score (nSPS) is 21.9. The summed E-state index contributed by atoms with van der Waals surface area (Å²) in [4.78, 5) is 12.0. The zero-order chi connectivity index (χ0) is 13.3. The van der Waals surface area contributed by atoms with Crippen molar-refractivity contribution < 1.29 is 9.18 Å². The fraction of sp³-hybridized carbons (Fsp3) is 0.533. The van der Waals surface area contributed by atoms with Crippen LogP contribution in [-0.2, 0) is 0 Å². The number of carbonyl (C=O) groups is 1. The molecule has 0 aromatic heterocycles. The Morgan fingerprint density at radius 2 is 2.11 bits per heavy atom. The molecule has 0 radical (unpaired) electrons. The number of amides is 1. The van der Waals surface area contributed by atoms with Gasteiger partial charge in [0, 0.05) is 11.6 Å². The molecule has 1 aliphatic rings. The SMILES string of the molecule is Cc1cc(F)cc(C(=O)NC2CCC(C)(C)C2)c1. The molecule has 1 atom stereocenters. The molecule has 2 rings (SSSR count). The molecule has 0 heterocycles. The van der Waals surface area contributed by atoms with Crippen molar-refractivity contribution >= 4 is 5.91 Å². The predicted molar refractivity (Wildman–Crippen MR) is 70.0 cm³/mol. The van der Waals surface area contributed by atoms with Gasteiger partial charge in [0.2, 0.25) is 0 Å². The molecule has 0 spiro atoms. The lowest BCUT2D eigenvalue weighted by molar-refractivity contribution is 0.0935. The van der Waals surface area contributed by atoms with Gasteiger partial charge in [0.15, 0.2) is 0 Å². The lowest BCUT2D eigenvalue weighted by Gasteiger charge is -2.18. The maximum absolute atomic E-state index is 13.2. The van der Waals surface area contributed by atoms with E-state index in [9.17, 15) is 9.18 Å². The molecular formula is C15H20FNO. The molecule has 3 heteroatoms. The van der Waals surface area contributed by atoms with Gasteiger partial charge in [-0.3, -0.25) is 4.79 Å². The molecule has 1 N–H and O–H groups in total. The molecule has 18 heavy (non-hydrogen) atoms. The number of carbonyl (C=O) groups excluding carboxylic acids is 1. The summed E-state index contributed by atoms with van der Waals surface area (Å²) in [5, 5.41) is 3.00. The Morgan fingerprint density at radius 1 is 1.39 bits per heavy atom. The first-order valence-corrected chi connectivity index (χ1v) is 6.44. The van der Waals surface area contributed by atoms with Gasteiger partial charge >= 0.3 is 0 Å². The van der Waals surface area contributed by atoms with Crippen LogP contribution >= 0.6 is 0 Å². The van der Waals surface area contributed by atoms with E-state index in [0.717, 1.165) is 24.8 Å². The molecule has 1 saturated carbocycles. The monoisotopic (exact) mass is 249 g/mol. The van der Waals surface area contributed by atoms with E-state index >= 15 is 0 Å². The summed E-state index contributed by atoms with van der Waals surface area (Å²) in [6.07, 6.45) is 3.13. The fourth-order valence-corrected chi connectivity index (χ4v) is 2.70. The van der Waals surface area contributed by atoms with Crippen molar-refractivity contribution in [3.63, 3.8) is 0 Å². The van der Waals surface area contributed by atoms with Crippen molar-refractivity contribution in [2.45, 2.75) is 46.1 Å². The van der Waals surface area contributed by atoms with Gasteiger partial charge in [0.1, 0.15) is 5.82 Å². The van der Waals surface area contributed by atoms with Gasteiger partial charge in [-0.15, -0.1) is 0 Å². The van der Waals surface area contributed by atoms with Crippen LogP contribution < -0.4 is 5.32 Å². The van der Waals surface area contributed by atoms with E-state index < -0.39 is 0 Å². The molecular weight excluding hydrogens is 229 g/mol. The molecule has 1 fully saturated rings. The molecule has 1 aromatic carbocycles. The van der Waals surface area contributed by atoms with Crippen LogP contribution in [0.4, 0.5) is 4.39 Å². The number of hydrogen-bond donors (Lipinski definition) is 1. The first-order chi connectivity index (χ1) is 8.35. The predicted octanol–water partition coefficient (Wildman–Crippen LogP) is 3.44. The average molecular weight is 249 g/mol. The highest BCUT2D eigenvalue weighted by Crippen LogP contribution is 2.36. The van der Waals surface area contributed by atoms with E-state index in [1.165, 1.54) is 12.1 Å². The van der Waals surface area contributed by atoms with Gasteiger partial charge < -0.3 is 5.32 Å². The number of hydrogen-bond acceptors (Lipinski definition) is 1. The van der Waals surface area contributed by atoms with E-state index in [-0.39, 0.29) is 17.8 Å². The molecule has 98 valence electrons. The zero-order valence-electron chi connectivity index (χ0n) is 11.2. The van der Waals surface area contributed by atoms with E-state index in [4.69, 9.17) is 0 Å². The van der Waals surface area contributed by atoms with Crippen LogP contribution in [0.25, 0.3) is 0 Å². The Kier molecular flexibility index (Phi) is 3.42. The minimum Gasteiger partial charge on any atom is -0.349 e. The van der Waals surface area contributed by atoms with E-state index in [2.05, 4.69) is 19.2 Å². The van der Waals surface area contributed by atoms with Gasteiger partial charge in [0.05, 0.1) is 0 Å². The molecule has 0 aliphatic heterocycles. The second kappa shape index (κ2) is 4.71. The summed E-state index contributed by atoms with van der Waals surface area (Å²) in [5.41, 5.74) is 1.49. The maximum atomic E-state index is 13.2. The molecule has 0 saturated heterocycles. The number of nitrogens with one attached hydrogen (secondary N) is 1. The van der Waals surface area contributed by atoms with E-state index in [0.29, 0.717) is 11.0 Å². The van der Waals surface area contributed by atoms with Gasteiger partial charge in [-0.25, -0.2) is 4.39 Å². The highest BCUT2D eigenvalue weighted by molar-refractivity contribution is 5.94. The Morgan fingerprint density at radius 3 is 2.67 bits per heavy atom. The van der Waals surface area contributed by atoms with Crippen LogP contribution in [0.5, 0.6) is 0 Å². The third-order valence-corrected chi connectivity index (χ3v) is 3.61. The minimum absolute atomic E-state index is 0.166. The highest BCUT2D eigenvalue weighted by Gasteiger charge is 2.31. The average Bonchev–Trinajstić information content (AvgIpc) is 2.56. The second-order valence-corrected chi connectivity index (χ2v) is 6.09. The van der Waals surface area contributed by atoms with Crippen LogP contribution in [0, 0.1) is 18.2 Å². The molecule has 1 aromatic rings. The topological polar surface area (TPSA) is 29.1 Å². The smallest absolute Gasteiger partial charge is 0.251 e. The third kappa shape index (κ3) is 3.09. The van der Waals surface area contributed by atoms with E-state index in [1.54, 1.807) is 13.0 Å². The van der Waals surface area contributed by atoms with Gasteiger partial charge in [-0.2, -0.15) is 0 Å². The molecule has 1 aliphatic carbocycles. The number of rotatable bonds is 2. The molecule has 0 bridgehead atoms. The summed E-state index contributed by atoms with van der Waals surface area (Å²) >= 11 is 0. The van der Waals surface area contributed by atoms with Crippen LogP contribution in [0.3, 0.4) is 0 Å². The number of halogens is 1. The van der Waals surface area contributed by atoms with Crippen molar-refractivity contribution in [3.05, 3.63) is 35.1 Å². The zero-order valence-corrected chi connectivity index (χ0v) is 11.2. The first kappa shape index (κ1) is 13.1. The summed E-state index contributed by atoms with van der Waals surface area (Å²) in [7, 11) is 0.